The van der Waals surface area contributed by atoms with E-state index in [0.717, 1.165) is 13.1 Å². The average Bonchev–Trinajstić information content (AvgIpc) is 2.82. The van der Waals surface area contributed by atoms with Gasteiger partial charge in [0.2, 0.25) is 0 Å². The van der Waals surface area contributed by atoms with E-state index in [1.807, 2.05) is 0 Å². The number of nitrogens with zero attached hydrogens (tertiary/aromatic N) is 1. The van der Waals surface area contributed by atoms with Crippen molar-refractivity contribution < 1.29 is 0 Å². The number of benzene rings is 1. The van der Waals surface area contributed by atoms with E-state index < -0.39 is 0 Å². The highest BCUT2D eigenvalue weighted by Crippen LogP contribution is 2.10. The molecular weight excluding hydrogens is 267 g/mol. The lowest BCUT2D eigenvalue weighted by Crippen LogP contribution is -2.37. The molecular formula is C14H24Cl2N2. The first-order valence-electron chi connectivity index (χ1n) is 6.38. The van der Waals surface area contributed by atoms with Crippen LogP contribution in [-0.2, 0) is 6.54 Å². The van der Waals surface area contributed by atoms with Crippen LogP contribution in [0.4, 0.5) is 0 Å². The Morgan fingerprint density at radius 1 is 1.22 bits per heavy atom. The van der Waals surface area contributed by atoms with Crippen LogP contribution in [0.1, 0.15) is 25.3 Å². The Hall–Kier alpha value is -0.280. The Balaban J connectivity index is 0.00000144. The van der Waals surface area contributed by atoms with E-state index in [9.17, 15) is 0 Å². The van der Waals surface area contributed by atoms with Crippen molar-refractivity contribution in [3.05, 3.63) is 35.9 Å². The van der Waals surface area contributed by atoms with Gasteiger partial charge >= 0.3 is 0 Å². The fourth-order valence-corrected chi connectivity index (χ4v) is 2.37. The van der Waals surface area contributed by atoms with Crippen LogP contribution >= 0.6 is 24.8 Å². The molecule has 1 unspecified atom stereocenters. The van der Waals surface area contributed by atoms with Crippen molar-refractivity contribution in [3.8, 4) is 0 Å². The Morgan fingerprint density at radius 2 is 1.94 bits per heavy atom. The number of halogens is 2. The Kier molecular flexibility index (Phi) is 9.47. The Labute approximate surface area is 123 Å². The maximum absolute atomic E-state index is 3.57. The maximum Gasteiger partial charge on any atom is 0.0234 e. The number of hydrogen-bond acceptors (Lipinski definition) is 2. The van der Waals surface area contributed by atoms with Gasteiger partial charge < -0.3 is 5.32 Å². The zero-order valence-electron chi connectivity index (χ0n) is 11.0. The second-order valence-corrected chi connectivity index (χ2v) is 4.61. The molecule has 0 bridgehead atoms. The molecule has 1 N–H and O–H groups in total. The summed E-state index contributed by atoms with van der Waals surface area (Å²) in [6.45, 7) is 6.85. The van der Waals surface area contributed by atoms with Crippen molar-refractivity contribution in [3.63, 3.8) is 0 Å². The lowest BCUT2D eigenvalue weighted by Gasteiger charge is -2.24. The molecule has 1 heterocycles. The lowest BCUT2D eigenvalue weighted by molar-refractivity contribution is 0.253. The van der Waals surface area contributed by atoms with Crippen LogP contribution in [0, 0.1) is 0 Å². The molecule has 18 heavy (non-hydrogen) atoms. The van der Waals surface area contributed by atoms with Crippen LogP contribution in [0.5, 0.6) is 0 Å². The molecule has 4 heteroatoms. The summed E-state index contributed by atoms with van der Waals surface area (Å²) in [7, 11) is 0. The quantitative estimate of drug-likeness (QED) is 0.896. The van der Waals surface area contributed by atoms with Crippen LogP contribution in [0.3, 0.4) is 0 Å². The minimum absolute atomic E-state index is 0. The molecule has 2 nitrogen and oxygen atoms in total. The zero-order chi connectivity index (χ0) is 11.2. The molecule has 1 atom stereocenters. The summed E-state index contributed by atoms with van der Waals surface area (Å²) in [5.74, 6) is 0. The van der Waals surface area contributed by atoms with Crippen molar-refractivity contribution in [2.75, 3.05) is 19.6 Å². The molecule has 1 aliphatic heterocycles. The van der Waals surface area contributed by atoms with Gasteiger partial charge in [-0.25, -0.2) is 0 Å². The first-order chi connectivity index (χ1) is 7.88. The second kappa shape index (κ2) is 9.62. The molecule has 1 aromatic carbocycles. The highest BCUT2D eigenvalue weighted by Gasteiger charge is 2.16. The zero-order valence-corrected chi connectivity index (χ0v) is 12.6. The minimum Gasteiger partial charge on any atom is -0.313 e. The van der Waals surface area contributed by atoms with Crippen molar-refractivity contribution in [2.45, 2.75) is 32.4 Å². The van der Waals surface area contributed by atoms with Gasteiger partial charge in [0.1, 0.15) is 0 Å². The highest BCUT2D eigenvalue weighted by molar-refractivity contribution is 5.85. The number of hydrogen-bond donors (Lipinski definition) is 1. The van der Waals surface area contributed by atoms with Gasteiger partial charge in [-0.3, -0.25) is 4.90 Å². The van der Waals surface area contributed by atoms with Gasteiger partial charge in [0.15, 0.2) is 0 Å². The van der Waals surface area contributed by atoms with E-state index in [2.05, 4.69) is 47.5 Å². The first-order valence-corrected chi connectivity index (χ1v) is 6.38. The monoisotopic (exact) mass is 290 g/mol. The van der Waals surface area contributed by atoms with E-state index in [1.165, 1.54) is 31.5 Å². The van der Waals surface area contributed by atoms with E-state index in [0.29, 0.717) is 6.04 Å². The van der Waals surface area contributed by atoms with Crippen LogP contribution in [0.2, 0.25) is 0 Å². The standard InChI is InChI=1S/C14H22N2.2ClH/c1-2-16(12-14-9-6-10-15-14)11-13-7-4-3-5-8-13;;/h3-5,7-8,14-15H,2,6,9-12H2,1H3;2*1H. The largest absolute Gasteiger partial charge is 0.313 e. The molecule has 1 saturated heterocycles. The molecule has 1 aromatic rings. The predicted molar refractivity (Wildman–Crippen MR) is 82.9 cm³/mol. The Morgan fingerprint density at radius 3 is 2.50 bits per heavy atom. The van der Waals surface area contributed by atoms with E-state index >= 15 is 0 Å². The fraction of sp³-hybridized carbons (Fsp3) is 0.571. The van der Waals surface area contributed by atoms with Gasteiger partial charge in [-0.2, -0.15) is 0 Å². The summed E-state index contributed by atoms with van der Waals surface area (Å²) in [5, 5.41) is 3.57. The van der Waals surface area contributed by atoms with Gasteiger partial charge in [0.05, 0.1) is 0 Å². The Bertz CT molecular complexity index is 300. The van der Waals surface area contributed by atoms with Crippen LogP contribution in [0.25, 0.3) is 0 Å². The third-order valence-corrected chi connectivity index (χ3v) is 3.34. The van der Waals surface area contributed by atoms with Gasteiger partial charge in [0, 0.05) is 19.1 Å². The molecule has 0 aliphatic carbocycles. The fourth-order valence-electron chi connectivity index (χ4n) is 2.37. The van der Waals surface area contributed by atoms with Crippen molar-refractivity contribution in [1.82, 2.24) is 10.2 Å². The molecule has 0 amide bonds. The summed E-state index contributed by atoms with van der Waals surface area (Å²) < 4.78 is 0. The molecule has 1 fully saturated rings. The smallest absolute Gasteiger partial charge is 0.0234 e. The molecule has 0 saturated carbocycles. The van der Waals surface area contributed by atoms with Crippen LogP contribution in [-0.4, -0.2) is 30.6 Å². The lowest BCUT2D eigenvalue weighted by atomic mass is 10.2. The van der Waals surface area contributed by atoms with Crippen LogP contribution < -0.4 is 5.32 Å². The van der Waals surface area contributed by atoms with Gasteiger partial charge in [-0.05, 0) is 31.5 Å². The summed E-state index contributed by atoms with van der Waals surface area (Å²) in [6.07, 6.45) is 2.68. The predicted octanol–water partition coefficient (Wildman–Crippen LogP) is 3.10. The topological polar surface area (TPSA) is 15.3 Å². The third kappa shape index (κ3) is 5.57. The maximum atomic E-state index is 3.57. The molecule has 1 aliphatic rings. The molecule has 0 aromatic heterocycles. The SMILES string of the molecule is CCN(Cc1ccccc1)CC1CCCN1.Cl.Cl. The molecule has 104 valence electrons. The molecule has 0 spiro atoms. The van der Waals surface area contributed by atoms with E-state index in [4.69, 9.17) is 0 Å². The van der Waals surface area contributed by atoms with Gasteiger partial charge in [0.25, 0.3) is 0 Å². The first kappa shape index (κ1) is 17.7. The van der Waals surface area contributed by atoms with Crippen molar-refractivity contribution in [2.24, 2.45) is 0 Å². The highest BCUT2D eigenvalue weighted by atomic mass is 35.5. The molecule has 0 radical (unpaired) electrons. The number of nitrogens with one attached hydrogen (secondary N) is 1. The van der Waals surface area contributed by atoms with Crippen LogP contribution in [0.15, 0.2) is 30.3 Å². The number of rotatable bonds is 5. The summed E-state index contributed by atoms with van der Waals surface area (Å²) in [4.78, 5) is 2.53. The number of likely N-dealkylation sites (N-methyl/N-ethyl adjacent to an activating group) is 1. The summed E-state index contributed by atoms with van der Waals surface area (Å²) in [6, 6.07) is 11.5. The summed E-state index contributed by atoms with van der Waals surface area (Å²) >= 11 is 0. The molecule has 2 rings (SSSR count). The third-order valence-electron chi connectivity index (χ3n) is 3.34. The van der Waals surface area contributed by atoms with E-state index in [1.54, 1.807) is 0 Å². The normalized spacial score (nSPS) is 18.2. The minimum atomic E-state index is 0. The van der Waals surface area contributed by atoms with Gasteiger partial charge in [-0.15, -0.1) is 24.8 Å². The van der Waals surface area contributed by atoms with Crippen molar-refractivity contribution in [1.29, 1.82) is 0 Å². The van der Waals surface area contributed by atoms with E-state index in [-0.39, 0.29) is 24.8 Å². The summed E-state index contributed by atoms with van der Waals surface area (Å²) in [5.41, 5.74) is 1.42. The van der Waals surface area contributed by atoms with Crippen molar-refractivity contribution >= 4 is 24.8 Å². The average molecular weight is 291 g/mol. The second-order valence-electron chi connectivity index (χ2n) is 4.61. The van der Waals surface area contributed by atoms with Gasteiger partial charge in [-0.1, -0.05) is 37.3 Å².